The van der Waals surface area contributed by atoms with Crippen LogP contribution in [0.25, 0.3) is 0 Å². The van der Waals surface area contributed by atoms with Crippen LogP contribution < -0.4 is 4.74 Å². The molecule has 1 aliphatic heterocycles. The lowest BCUT2D eigenvalue weighted by Gasteiger charge is -2.29. The van der Waals surface area contributed by atoms with Crippen molar-refractivity contribution < 1.29 is 14.6 Å². The van der Waals surface area contributed by atoms with E-state index in [4.69, 9.17) is 9.84 Å². The summed E-state index contributed by atoms with van der Waals surface area (Å²) in [4.78, 5) is 11.0. The first-order chi connectivity index (χ1) is 8.25. The maximum Gasteiger partial charge on any atom is 0.331 e. The van der Waals surface area contributed by atoms with Crippen molar-refractivity contribution in [3.63, 3.8) is 0 Å². The van der Waals surface area contributed by atoms with Crippen LogP contribution in [0.1, 0.15) is 24.3 Å². The smallest absolute Gasteiger partial charge is 0.331 e. The van der Waals surface area contributed by atoms with Crippen LogP contribution in [-0.2, 0) is 4.79 Å². The minimum absolute atomic E-state index is 0.163. The monoisotopic (exact) mass is 228 g/mol. The molecule has 1 aromatic rings. The molecular formula is C14H12O3. The summed E-state index contributed by atoms with van der Waals surface area (Å²) in [6.07, 6.45) is 4.77. The lowest BCUT2D eigenvalue weighted by molar-refractivity contribution is -0.132. The van der Waals surface area contributed by atoms with Crippen molar-refractivity contribution in [2.75, 3.05) is 0 Å². The number of benzene rings is 1. The van der Waals surface area contributed by atoms with Gasteiger partial charge in [0.25, 0.3) is 0 Å². The molecule has 1 atom stereocenters. The van der Waals surface area contributed by atoms with Gasteiger partial charge in [-0.1, -0.05) is 24.3 Å². The van der Waals surface area contributed by atoms with Gasteiger partial charge in [0.1, 0.15) is 5.75 Å². The molecule has 0 fully saturated rings. The number of ether oxygens (including phenoxy) is 1. The maximum absolute atomic E-state index is 11.0. The Morgan fingerprint density at radius 1 is 1.35 bits per heavy atom. The average molecular weight is 228 g/mol. The third-order valence-corrected chi connectivity index (χ3v) is 3.36. The fourth-order valence-corrected chi connectivity index (χ4v) is 2.45. The Balaban J connectivity index is 2.01. The van der Waals surface area contributed by atoms with Gasteiger partial charge >= 0.3 is 5.97 Å². The standard InChI is InChI=1S/C14H12O3/c15-14(16)9-5-6-10-8-17-13-4-2-1-3-11(13)12(10)7-9/h1-5,8,12H,6-7H2,(H,15,16). The lowest BCUT2D eigenvalue weighted by Crippen LogP contribution is -2.17. The number of aliphatic carboxylic acids is 1. The van der Waals surface area contributed by atoms with Gasteiger partial charge in [-0.25, -0.2) is 4.79 Å². The molecule has 0 amide bonds. The number of hydrogen-bond donors (Lipinski definition) is 1. The Kier molecular flexibility index (Phi) is 2.25. The Morgan fingerprint density at radius 2 is 2.18 bits per heavy atom. The molecule has 1 N–H and O–H groups in total. The molecule has 3 heteroatoms. The molecule has 3 nitrogen and oxygen atoms in total. The molecule has 1 heterocycles. The van der Waals surface area contributed by atoms with Gasteiger partial charge in [-0.05, 0) is 24.5 Å². The van der Waals surface area contributed by atoms with Crippen molar-refractivity contribution in [2.24, 2.45) is 0 Å². The molecule has 1 unspecified atom stereocenters. The summed E-state index contributed by atoms with van der Waals surface area (Å²) in [5.74, 6) is 0.192. The van der Waals surface area contributed by atoms with Gasteiger partial charge in [0, 0.05) is 17.1 Å². The highest BCUT2D eigenvalue weighted by atomic mass is 16.5. The van der Waals surface area contributed by atoms with E-state index < -0.39 is 5.97 Å². The van der Waals surface area contributed by atoms with Gasteiger partial charge in [-0.15, -0.1) is 0 Å². The molecular weight excluding hydrogens is 216 g/mol. The summed E-state index contributed by atoms with van der Waals surface area (Å²) in [5, 5.41) is 9.06. The molecule has 2 aliphatic rings. The SMILES string of the molecule is O=C(O)C1=CCC2=COc3ccccc3C2C1. The van der Waals surface area contributed by atoms with Crippen LogP contribution in [0.4, 0.5) is 0 Å². The number of allylic oxidation sites excluding steroid dienone is 2. The van der Waals surface area contributed by atoms with Gasteiger partial charge in [0.2, 0.25) is 0 Å². The van der Waals surface area contributed by atoms with Crippen LogP contribution >= 0.6 is 0 Å². The van der Waals surface area contributed by atoms with Gasteiger partial charge in [-0.2, -0.15) is 0 Å². The largest absolute Gasteiger partial charge is 0.478 e. The lowest BCUT2D eigenvalue weighted by atomic mass is 9.79. The van der Waals surface area contributed by atoms with E-state index in [1.54, 1.807) is 12.3 Å². The topological polar surface area (TPSA) is 46.5 Å². The highest BCUT2D eigenvalue weighted by molar-refractivity contribution is 5.87. The van der Waals surface area contributed by atoms with Gasteiger partial charge in [0.05, 0.1) is 6.26 Å². The van der Waals surface area contributed by atoms with E-state index in [1.165, 1.54) is 0 Å². The molecule has 0 saturated heterocycles. The minimum atomic E-state index is -0.812. The number of carboxylic acid groups (broad SMARTS) is 1. The van der Waals surface area contributed by atoms with Gasteiger partial charge < -0.3 is 9.84 Å². The Labute approximate surface area is 99.0 Å². The van der Waals surface area contributed by atoms with E-state index >= 15 is 0 Å². The highest BCUT2D eigenvalue weighted by Gasteiger charge is 2.29. The first-order valence-electron chi connectivity index (χ1n) is 5.62. The first kappa shape index (κ1) is 10.1. The van der Waals surface area contributed by atoms with Crippen molar-refractivity contribution in [2.45, 2.75) is 18.8 Å². The number of carboxylic acids is 1. The predicted octanol–water partition coefficient (Wildman–Crippen LogP) is 2.85. The molecule has 0 radical (unpaired) electrons. The second-order valence-electron chi connectivity index (χ2n) is 4.34. The zero-order chi connectivity index (χ0) is 11.8. The van der Waals surface area contributed by atoms with Crippen LogP contribution in [0.2, 0.25) is 0 Å². The summed E-state index contributed by atoms with van der Waals surface area (Å²) >= 11 is 0. The van der Waals surface area contributed by atoms with Crippen molar-refractivity contribution >= 4 is 5.97 Å². The summed E-state index contributed by atoms with van der Waals surface area (Å²) in [5.41, 5.74) is 2.76. The molecule has 0 bridgehead atoms. The van der Waals surface area contributed by atoms with E-state index in [-0.39, 0.29) is 5.92 Å². The fourth-order valence-electron chi connectivity index (χ4n) is 2.45. The Hall–Kier alpha value is -2.03. The van der Waals surface area contributed by atoms with Crippen LogP contribution in [-0.4, -0.2) is 11.1 Å². The second-order valence-corrected chi connectivity index (χ2v) is 4.34. The Morgan fingerprint density at radius 3 is 3.00 bits per heavy atom. The summed E-state index contributed by atoms with van der Waals surface area (Å²) < 4.78 is 5.55. The van der Waals surface area contributed by atoms with Gasteiger partial charge in [0.15, 0.2) is 0 Å². The number of carbonyl (C=O) groups is 1. The van der Waals surface area contributed by atoms with E-state index in [2.05, 4.69) is 0 Å². The summed E-state index contributed by atoms with van der Waals surface area (Å²) in [6.45, 7) is 0. The Bertz CT molecular complexity index is 540. The van der Waals surface area contributed by atoms with Crippen LogP contribution in [0.5, 0.6) is 5.75 Å². The molecule has 0 saturated carbocycles. The first-order valence-corrected chi connectivity index (χ1v) is 5.62. The van der Waals surface area contributed by atoms with E-state index in [1.807, 2.05) is 24.3 Å². The quantitative estimate of drug-likeness (QED) is 0.803. The average Bonchev–Trinajstić information content (AvgIpc) is 2.38. The zero-order valence-corrected chi connectivity index (χ0v) is 9.22. The number of rotatable bonds is 1. The summed E-state index contributed by atoms with van der Waals surface area (Å²) in [7, 11) is 0. The number of para-hydroxylation sites is 1. The van der Waals surface area contributed by atoms with Crippen molar-refractivity contribution in [3.8, 4) is 5.75 Å². The molecule has 0 aromatic heterocycles. The van der Waals surface area contributed by atoms with Crippen molar-refractivity contribution in [3.05, 3.63) is 53.3 Å². The third kappa shape index (κ3) is 1.64. The molecule has 86 valence electrons. The van der Waals surface area contributed by atoms with E-state index in [9.17, 15) is 4.79 Å². The predicted molar refractivity (Wildman–Crippen MR) is 62.8 cm³/mol. The van der Waals surface area contributed by atoms with Crippen LogP contribution in [0.3, 0.4) is 0 Å². The van der Waals surface area contributed by atoms with Crippen LogP contribution in [0.15, 0.2) is 47.7 Å². The molecule has 1 aromatic carbocycles. The maximum atomic E-state index is 11.0. The van der Waals surface area contributed by atoms with Gasteiger partial charge in [-0.3, -0.25) is 0 Å². The van der Waals surface area contributed by atoms with Crippen LogP contribution in [0, 0.1) is 0 Å². The molecule has 1 aliphatic carbocycles. The molecule has 0 spiro atoms. The van der Waals surface area contributed by atoms with E-state index in [0.29, 0.717) is 18.4 Å². The zero-order valence-electron chi connectivity index (χ0n) is 9.22. The third-order valence-electron chi connectivity index (χ3n) is 3.36. The number of fused-ring (bicyclic) bond motifs is 3. The van der Waals surface area contributed by atoms with Crippen molar-refractivity contribution in [1.82, 2.24) is 0 Å². The fraction of sp³-hybridized carbons (Fsp3) is 0.214. The minimum Gasteiger partial charge on any atom is -0.478 e. The normalized spacial score (nSPS) is 21.5. The molecule has 3 rings (SSSR count). The molecule has 17 heavy (non-hydrogen) atoms. The second kappa shape index (κ2) is 3.77. The highest BCUT2D eigenvalue weighted by Crippen LogP contribution is 2.43. The van der Waals surface area contributed by atoms with Crippen molar-refractivity contribution in [1.29, 1.82) is 0 Å². The van der Waals surface area contributed by atoms with E-state index in [0.717, 1.165) is 16.9 Å². The summed E-state index contributed by atoms with van der Waals surface area (Å²) in [6, 6.07) is 7.82. The number of hydrogen-bond acceptors (Lipinski definition) is 2.